The van der Waals surface area contributed by atoms with Gasteiger partial charge < -0.3 is 10.8 Å². The number of aliphatic hydroxyl groups is 1. The molecule has 66 valence electrons. The number of nitrogens with zero attached hydrogens (tertiary/aromatic N) is 1. The Morgan fingerprint density at radius 3 is 3.00 bits per heavy atom. The average Bonchev–Trinajstić information content (AvgIpc) is 2.17. The van der Waals surface area contributed by atoms with Gasteiger partial charge in [0, 0.05) is 12.2 Å². The van der Waals surface area contributed by atoms with Gasteiger partial charge in [-0.05, 0) is 24.1 Å². The van der Waals surface area contributed by atoms with Crippen LogP contribution >= 0.6 is 0 Å². The van der Waals surface area contributed by atoms with Crippen LogP contribution in [0.15, 0.2) is 18.3 Å². The minimum Gasteiger partial charge on any atom is -0.390 e. The summed E-state index contributed by atoms with van der Waals surface area (Å²) < 4.78 is 0. The summed E-state index contributed by atoms with van der Waals surface area (Å²) in [6.45, 7) is 2.01. The molecule has 1 aromatic rings. The van der Waals surface area contributed by atoms with Crippen LogP contribution in [0.4, 0.5) is 0 Å². The average molecular weight is 166 g/mol. The van der Waals surface area contributed by atoms with Gasteiger partial charge in [0.15, 0.2) is 0 Å². The van der Waals surface area contributed by atoms with Gasteiger partial charge in [-0.2, -0.15) is 0 Å². The maximum absolute atomic E-state index is 8.81. The first kappa shape index (κ1) is 9.16. The molecule has 0 amide bonds. The minimum absolute atomic E-state index is 0.0235. The third-order valence-corrected chi connectivity index (χ3v) is 1.87. The van der Waals surface area contributed by atoms with Crippen molar-refractivity contribution in [1.82, 2.24) is 4.98 Å². The van der Waals surface area contributed by atoms with Gasteiger partial charge in [-0.1, -0.05) is 6.92 Å². The summed E-state index contributed by atoms with van der Waals surface area (Å²) in [6.07, 6.45) is 2.57. The summed E-state index contributed by atoms with van der Waals surface area (Å²) in [7, 11) is 0. The molecule has 3 N–H and O–H groups in total. The topological polar surface area (TPSA) is 59.1 Å². The molecular formula is C9H14N2O. The van der Waals surface area contributed by atoms with Crippen LogP contribution < -0.4 is 5.73 Å². The highest BCUT2D eigenvalue weighted by atomic mass is 16.3. The van der Waals surface area contributed by atoms with Crippen LogP contribution in [0.2, 0.25) is 0 Å². The highest BCUT2D eigenvalue weighted by Gasteiger charge is 2.03. The largest absolute Gasteiger partial charge is 0.390 e. The molecule has 0 saturated heterocycles. The maximum Gasteiger partial charge on any atom is 0.0853 e. The SMILES string of the molecule is CC[C@H](N)c1ccnc(CO)c1. The maximum atomic E-state index is 8.81. The fourth-order valence-electron chi connectivity index (χ4n) is 1.05. The van der Waals surface area contributed by atoms with Crippen LogP contribution in [0, 0.1) is 0 Å². The van der Waals surface area contributed by atoms with E-state index in [9.17, 15) is 0 Å². The van der Waals surface area contributed by atoms with Crippen molar-refractivity contribution in [3.8, 4) is 0 Å². The van der Waals surface area contributed by atoms with Crippen molar-refractivity contribution in [2.75, 3.05) is 0 Å². The van der Waals surface area contributed by atoms with Crippen molar-refractivity contribution in [3.05, 3.63) is 29.6 Å². The summed E-state index contributed by atoms with van der Waals surface area (Å²) in [5.41, 5.74) is 7.52. The van der Waals surface area contributed by atoms with Crippen molar-refractivity contribution < 1.29 is 5.11 Å². The number of aliphatic hydroxyl groups excluding tert-OH is 1. The van der Waals surface area contributed by atoms with Crippen molar-refractivity contribution in [3.63, 3.8) is 0 Å². The molecule has 0 aliphatic rings. The van der Waals surface area contributed by atoms with E-state index in [4.69, 9.17) is 10.8 Å². The van der Waals surface area contributed by atoms with E-state index in [0.29, 0.717) is 5.69 Å². The van der Waals surface area contributed by atoms with E-state index in [0.717, 1.165) is 12.0 Å². The number of hydrogen-bond donors (Lipinski definition) is 2. The normalized spacial score (nSPS) is 12.9. The van der Waals surface area contributed by atoms with E-state index in [1.807, 2.05) is 19.1 Å². The predicted octanol–water partition coefficient (Wildman–Crippen LogP) is 0.984. The first-order valence-electron chi connectivity index (χ1n) is 4.09. The fourth-order valence-corrected chi connectivity index (χ4v) is 1.05. The molecule has 1 rings (SSSR count). The zero-order valence-corrected chi connectivity index (χ0v) is 7.20. The second kappa shape index (κ2) is 4.18. The number of rotatable bonds is 3. The zero-order valence-electron chi connectivity index (χ0n) is 7.20. The Morgan fingerprint density at radius 1 is 1.67 bits per heavy atom. The summed E-state index contributed by atoms with van der Waals surface area (Å²) in [5.74, 6) is 0. The first-order valence-corrected chi connectivity index (χ1v) is 4.09. The van der Waals surface area contributed by atoms with Gasteiger partial charge >= 0.3 is 0 Å². The van der Waals surface area contributed by atoms with Gasteiger partial charge in [-0.15, -0.1) is 0 Å². The highest BCUT2D eigenvalue weighted by molar-refractivity contribution is 5.19. The Kier molecular flexibility index (Phi) is 3.19. The lowest BCUT2D eigenvalue weighted by atomic mass is 10.1. The van der Waals surface area contributed by atoms with E-state index in [-0.39, 0.29) is 12.6 Å². The Bertz CT molecular complexity index is 250. The van der Waals surface area contributed by atoms with Crippen LogP contribution in [-0.4, -0.2) is 10.1 Å². The Hall–Kier alpha value is -0.930. The van der Waals surface area contributed by atoms with Crippen molar-refractivity contribution >= 4 is 0 Å². The van der Waals surface area contributed by atoms with E-state index >= 15 is 0 Å². The lowest BCUT2D eigenvalue weighted by Gasteiger charge is -2.08. The van der Waals surface area contributed by atoms with Gasteiger partial charge in [0.2, 0.25) is 0 Å². The number of pyridine rings is 1. The molecule has 1 atom stereocenters. The second-order valence-electron chi connectivity index (χ2n) is 2.75. The Labute approximate surface area is 72.2 Å². The van der Waals surface area contributed by atoms with Crippen LogP contribution in [0.1, 0.15) is 30.6 Å². The van der Waals surface area contributed by atoms with Gasteiger partial charge in [0.25, 0.3) is 0 Å². The molecule has 0 aliphatic heterocycles. The highest BCUT2D eigenvalue weighted by Crippen LogP contribution is 2.13. The van der Waals surface area contributed by atoms with Gasteiger partial charge in [-0.25, -0.2) is 0 Å². The van der Waals surface area contributed by atoms with E-state index in [2.05, 4.69) is 4.98 Å². The third-order valence-electron chi connectivity index (χ3n) is 1.87. The van der Waals surface area contributed by atoms with Crippen LogP contribution in [0.5, 0.6) is 0 Å². The minimum atomic E-state index is -0.0235. The molecule has 0 fully saturated rings. The van der Waals surface area contributed by atoms with E-state index < -0.39 is 0 Å². The number of aromatic nitrogens is 1. The van der Waals surface area contributed by atoms with Crippen LogP contribution in [0.3, 0.4) is 0 Å². The molecular weight excluding hydrogens is 152 g/mol. The molecule has 0 saturated carbocycles. The van der Waals surface area contributed by atoms with Crippen molar-refractivity contribution in [2.45, 2.75) is 26.0 Å². The molecule has 0 radical (unpaired) electrons. The molecule has 1 aromatic heterocycles. The van der Waals surface area contributed by atoms with Gasteiger partial charge in [-0.3, -0.25) is 4.98 Å². The van der Waals surface area contributed by atoms with Crippen molar-refractivity contribution in [2.24, 2.45) is 5.73 Å². The summed E-state index contributed by atoms with van der Waals surface area (Å²) >= 11 is 0. The first-order chi connectivity index (χ1) is 5.77. The Balaban J connectivity index is 2.86. The van der Waals surface area contributed by atoms with Crippen LogP contribution in [-0.2, 0) is 6.61 Å². The molecule has 1 heterocycles. The molecule has 3 heteroatoms. The summed E-state index contributed by atoms with van der Waals surface area (Å²) in [4.78, 5) is 3.97. The predicted molar refractivity (Wildman–Crippen MR) is 47.4 cm³/mol. The molecule has 0 spiro atoms. The van der Waals surface area contributed by atoms with E-state index in [1.54, 1.807) is 6.20 Å². The van der Waals surface area contributed by atoms with Crippen LogP contribution in [0.25, 0.3) is 0 Å². The summed E-state index contributed by atoms with van der Waals surface area (Å²) in [6, 6.07) is 3.78. The monoisotopic (exact) mass is 166 g/mol. The molecule has 0 aliphatic carbocycles. The molecule has 0 bridgehead atoms. The molecule has 0 aromatic carbocycles. The fraction of sp³-hybridized carbons (Fsp3) is 0.444. The molecule has 3 nitrogen and oxygen atoms in total. The van der Waals surface area contributed by atoms with Gasteiger partial charge in [0.05, 0.1) is 12.3 Å². The molecule has 0 unspecified atom stereocenters. The quantitative estimate of drug-likeness (QED) is 0.703. The lowest BCUT2D eigenvalue weighted by Crippen LogP contribution is -2.09. The second-order valence-corrected chi connectivity index (χ2v) is 2.75. The third kappa shape index (κ3) is 2.03. The standard InChI is InChI=1S/C9H14N2O/c1-2-9(10)7-3-4-11-8(5-7)6-12/h3-5,9,12H,2,6,10H2,1H3/t9-/m0/s1. The lowest BCUT2D eigenvalue weighted by molar-refractivity contribution is 0.276. The summed E-state index contributed by atoms with van der Waals surface area (Å²) in [5, 5.41) is 8.81. The Morgan fingerprint density at radius 2 is 2.42 bits per heavy atom. The van der Waals surface area contributed by atoms with Gasteiger partial charge in [0.1, 0.15) is 0 Å². The zero-order chi connectivity index (χ0) is 8.97. The van der Waals surface area contributed by atoms with Crippen molar-refractivity contribution in [1.29, 1.82) is 0 Å². The number of nitrogens with two attached hydrogens (primary N) is 1. The van der Waals surface area contributed by atoms with E-state index in [1.165, 1.54) is 0 Å². The molecule has 12 heavy (non-hydrogen) atoms. The smallest absolute Gasteiger partial charge is 0.0853 e. The number of hydrogen-bond acceptors (Lipinski definition) is 3.